The van der Waals surface area contributed by atoms with Crippen LogP contribution in [0.5, 0.6) is 0 Å². The molecule has 0 aromatic carbocycles. The van der Waals surface area contributed by atoms with Crippen LogP contribution in [0.1, 0.15) is 27.2 Å². The second-order valence-corrected chi connectivity index (χ2v) is 3.14. The monoisotopic (exact) mass is 142 g/mol. The molecule has 0 aromatic rings. The van der Waals surface area contributed by atoms with Crippen LogP contribution in [0.25, 0.3) is 0 Å². The second-order valence-electron chi connectivity index (χ2n) is 3.14. The standard InChI is InChI=1S/C8H18N2/c1-6(4-5-9)7(2)8(3)10/h5-9H,4,10H2,1-3H3. The normalized spacial score (nSPS) is 19.6. The van der Waals surface area contributed by atoms with Crippen molar-refractivity contribution in [2.24, 2.45) is 17.6 Å². The fraction of sp³-hybridized carbons (Fsp3) is 0.875. The molecule has 3 N–H and O–H groups in total. The Balaban J connectivity index is 3.68. The largest absolute Gasteiger partial charge is 0.328 e. The molecule has 0 bridgehead atoms. The van der Waals surface area contributed by atoms with Crippen LogP contribution in [0.4, 0.5) is 0 Å². The number of rotatable bonds is 4. The van der Waals surface area contributed by atoms with E-state index in [-0.39, 0.29) is 6.04 Å². The summed E-state index contributed by atoms with van der Waals surface area (Å²) in [5.41, 5.74) is 5.69. The summed E-state index contributed by atoms with van der Waals surface area (Å²) < 4.78 is 0. The lowest BCUT2D eigenvalue weighted by molar-refractivity contribution is 0.348. The van der Waals surface area contributed by atoms with Crippen molar-refractivity contribution in [1.29, 1.82) is 5.41 Å². The van der Waals surface area contributed by atoms with Crippen LogP contribution in [0.3, 0.4) is 0 Å². The molecule has 0 fully saturated rings. The third-order valence-corrected chi connectivity index (χ3v) is 2.22. The molecule has 0 aromatic heterocycles. The first kappa shape index (κ1) is 9.63. The third-order valence-electron chi connectivity index (χ3n) is 2.22. The second kappa shape index (κ2) is 4.45. The lowest BCUT2D eigenvalue weighted by atomic mass is 9.88. The number of hydrogen-bond acceptors (Lipinski definition) is 2. The Morgan fingerprint density at radius 2 is 1.90 bits per heavy atom. The molecule has 0 heterocycles. The van der Waals surface area contributed by atoms with E-state index in [0.717, 1.165) is 6.42 Å². The molecule has 0 saturated heterocycles. The van der Waals surface area contributed by atoms with Gasteiger partial charge in [0.2, 0.25) is 0 Å². The van der Waals surface area contributed by atoms with Gasteiger partial charge in [-0.25, -0.2) is 0 Å². The number of nitrogens with one attached hydrogen (secondary N) is 1. The van der Waals surface area contributed by atoms with Crippen molar-refractivity contribution in [2.45, 2.75) is 33.2 Å². The maximum atomic E-state index is 6.90. The van der Waals surface area contributed by atoms with Crippen LogP contribution >= 0.6 is 0 Å². The summed E-state index contributed by atoms with van der Waals surface area (Å²) in [5, 5.41) is 6.90. The van der Waals surface area contributed by atoms with Gasteiger partial charge in [0.1, 0.15) is 0 Å². The molecule has 0 amide bonds. The zero-order chi connectivity index (χ0) is 8.15. The van der Waals surface area contributed by atoms with E-state index in [1.54, 1.807) is 0 Å². The third kappa shape index (κ3) is 2.97. The summed E-state index contributed by atoms with van der Waals surface area (Å²) >= 11 is 0. The molecule has 0 aliphatic heterocycles. The predicted octanol–water partition coefficient (Wildman–Crippen LogP) is 1.65. The molecule has 0 aliphatic carbocycles. The molecule has 10 heavy (non-hydrogen) atoms. The fourth-order valence-corrected chi connectivity index (χ4v) is 0.919. The van der Waals surface area contributed by atoms with Crippen molar-refractivity contribution in [3.63, 3.8) is 0 Å². The van der Waals surface area contributed by atoms with Crippen LogP contribution in [0.2, 0.25) is 0 Å². The smallest absolute Gasteiger partial charge is 0.00387 e. The van der Waals surface area contributed by atoms with E-state index in [9.17, 15) is 0 Å². The first-order valence-corrected chi connectivity index (χ1v) is 3.84. The maximum absolute atomic E-state index is 6.90. The fourth-order valence-electron chi connectivity index (χ4n) is 0.919. The summed E-state index contributed by atoms with van der Waals surface area (Å²) in [5.74, 6) is 1.05. The van der Waals surface area contributed by atoms with Crippen LogP contribution in [-0.2, 0) is 0 Å². The summed E-state index contributed by atoms with van der Waals surface area (Å²) in [4.78, 5) is 0. The topological polar surface area (TPSA) is 49.9 Å². The Bertz CT molecular complexity index is 99.4. The van der Waals surface area contributed by atoms with Gasteiger partial charge in [0.25, 0.3) is 0 Å². The van der Waals surface area contributed by atoms with Gasteiger partial charge >= 0.3 is 0 Å². The quantitative estimate of drug-likeness (QED) is 0.576. The zero-order valence-corrected chi connectivity index (χ0v) is 7.09. The van der Waals surface area contributed by atoms with E-state index in [1.165, 1.54) is 6.21 Å². The number of nitrogens with two attached hydrogens (primary N) is 1. The van der Waals surface area contributed by atoms with E-state index in [0.29, 0.717) is 11.8 Å². The molecule has 0 radical (unpaired) electrons. The highest BCUT2D eigenvalue weighted by atomic mass is 14.6. The first-order chi connectivity index (χ1) is 4.59. The Kier molecular flexibility index (Phi) is 4.28. The van der Waals surface area contributed by atoms with E-state index < -0.39 is 0 Å². The van der Waals surface area contributed by atoms with Crippen molar-refractivity contribution in [3.05, 3.63) is 0 Å². The van der Waals surface area contributed by atoms with Crippen molar-refractivity contribution < 1.29 is 0 Å². The minimum Gasteiger partial charge on any atom is -0.328 e. The van der Waals surface area contributed by atoms with Crippen molar-refractivity contribution in [1.82, 2.24) is 0 Å². The van der Waals surface area contributed by atoms with E-state index in [2.05, 4.69) is 13.8 Å². The van der Waals surface area contributed by atoms with Crippen molar-refractivity contribution in [2.75, 3.05) is 0 Å². The Morgan fingerprint density at radius 1 is 1.40 bits per heavy atom. The van der Waals surface area contributed by atoms with Gasteiger partial charge in [0.05, 0.1) is 0 Å². The molecule has 0 aliphatic rings. The van der Waals surface area contributed by atoms with Crippen LogP contribution in [-0.4, -0.2) is 12.3 Å². The molecule has 3 unspecified atom stereocenters. The average molecular weight is 142 g/mol. The summed E-state index contributed by atoms with van der Waals surface area (Å²) in [7, 11) is 0. The molecule has 3 atom stereocenters. The highest BCUT2D eigenvalue weighted by Crippen LogP contribution is 2.15. The molecule has 0 rings (SSSR count). The van der Waals surface area contributed by atoms with Crippen molar-refractivity contribution in [3.8, 4) is 0 Å². The SMILES string of the molecule is CC(N)C(C)C(C)CC=N. The Hall–Kier alpha value is -0.370. The Morgan fingerprint density at radius 3 is 2.20 bits per heavy atom. The summed E-state index contributed by atoms with van der Waals surface area (Å²) in [6.07, 6.45) is 2.31. The van der Waals surface area contributed by atoms with Gasteiger partial charge in [-0.1, -0.05) is 13.8 Å². The lowest BCUT2D eigenvalue weighted by Gasteiger charge is -2.21. The van der Waals surface area contributed by atoms with Crippen LogP contribution < -0.4 is 5.73 Å². The highest BCUT2D eigenvalue weighted by Gasteiger charge is 2.14. The molecule has 2 nitrogen and oxygen atoms in total. The van der Waals surface area contributed by atoms with Crippen LogP contribution in [0, 0.1) is 17.2 Å². The number of hydrogen-bond donors (Lipinski definition) is 2. The van der Waals surface area contributed by atoms with Gasteiger partial charge in [-0.15, -0.1) is 0 Å². The maximum Gasteiger partial charge on any atom is 0.00387 e. The van der Waals surface area contributed by atoms with E-state index >= 15 is 0 Å². The zero-order valence-electron chi connectivity index (χ0n) is 7.09. The van der Waals surface area contributed by atoms with Gasteiger partial charge in [0, 0.05) is 6.04 Å². The van der Waals surface area contributed by atoms with Gasteiger partial charge in [0.15, 0.2) is 0 Å². The molecule has 0 saturated carbocycles. The molecular formula is C8H18N2. The van der Waals surface area contributed by atoms with E-state index in [4.69, 9.17) is 11.1 Å². The van der Waals surface area contributed by atoms with E-state index in [1.807, 2.05) is 6.92 Å². The van der Waals surface area contributed by atoms with Gasteiger partial charge in [-0.2, -0.15) is 0 Å². The van der Waals surface area contributed by atoms with Gasteiger partial charge < -0.3 is 11.1 Å². The first-order valence-electron chi connectivity index (χ1n) is 3.84. The summed E-state index contributed by atoms with van der Waals surface area (Å²) in [6.45, 7) is 6.29. The summed E-state index contributed by atoms with van der Waals surface area (Å²) in [6, 6.07) is 0.245. The van der Waals surface area contributed by atoms with Crippen LogP contribution in [0.15, 0.2) is 0 Å². The average Bonchev–Trinajstić information content (AvgIpc) is 1.87. The minimum absolute atomic E-state index is 0.245. The van der Waals surface area contributed by atoms with Crippen molar-refractivity contribution >= 4 is 6.21 Å². The molecular weight excluding hydrogens is 124 g/mol. The minimum atomic E-state index is 0.245. The Labute approximate surface area is 63.3 Å². The highest BCUT2D eigenvalue weighted by molar-refractivity contribution is 5.53. The molecule has 60 valence electrons. The predicted molar refractivity (Wildman–Crippen MR) is 45.4 cm³/mol. The molecule has 0 spiro atoms. The lowest BCUT2D eigenvalue weighted by Crippen LogP contribution is -2.29. The molecule has 2 heteroatoms. The van der Waals surface area contributed by atoms with Gasteiger partial charge in [-0.05, 0) is 31.4 Å². The van der Waals surface area contributed by atoms with Gasteiger partial charge in [-0.3, -0.25) is 0 Å².